The van der Waals surface area contributed by atoms with E-state index in [-0.39, 0.29) is 12.1 Å². The van der Waals surface area contributed by atoms with Crippen LogP contribution in [0.5, 0.6) is 0 Å². The van der Waals surface area contributed by atoms with Crippen molar-refractivity contribution in [2.45, 2.75) is 45.1 Å². The first-order valence-corrected chi connectivity index (χ1v) is 7.32. The third-order valence-corrected chi connectivity index (χ3v) is 3.84. The molecule has 0 spiro atoms. The van der Waals surface area contributed by atoms with Crippen molar-refractivity contribution >= 4 is 23.4 Å². The van der Waals surface area contributed by atoms with Crippen LogP contribution < -0.4 is 4.90 Å². The lowest BCUT2D eigenvalue weighted by Gasteiger charge is -2.34. The average Bonchev–Trinajstić information content (AvgIpc) is 2.43. The second kappa shape index (κ2) is 6.80. The van der Waals surface area contributed by atoms with Crippen molar-refractivity contribution in [1.29, 1.82) is 0 Å². The molecule has 0 aliphatic heterocycles. The van der Waals surface area contributed by atoms with Crippen LogP contribution in [0, 0.1) is 0 Å². The molecule has 0 saturated heterocycles. The Morgan fingerprint density at radius 2 is 2.00 bits per heavy atom. The molecule has 1 aromatic carbocycles. The molecule has 0 radical (unpaired) electrons. The second-order valence-electron chi connectivity index (χ2n) is 4.81. The van der Waals surface area contributed by atoms with Crippen LogP contribution in [0.25, 0.3) is 0 Å². The summed E-state index contributed by atoms with van der Waals surface area (Å²) in [5.74, 6) is 0. The fourth-order valence-electron chi connectivity index (χ4n) is 2.62. The fraction of sp³-hybridized carbons (Fsp3) is 0.533. The van der Waals surface area contributed by atoms with Crippen molar-refractivity contribution in [2.24, 2.45) is 0 Å². The molecule has 104 valence electrons. The molecule has 4 heteroatoms. The van der Waals surface area contributed by atoms with E-state index in [1.807, 2.05) is 31.2 Å². The standard InChI is InChI=1S/C15H20ClNO2/c1-2-19-15(18)17(12-8-4-3-5-9-12)14-11-7-6-10-13(14)16/h6-7,10-12H,2-5,8-9H2,1H3. The van der Waals surface area contributed by atoms with Gasteiger partial charge >= 0.3 is 6.09 Å². The Morgan fingerprint density at radius 1 is 1.32 bits per heavy atom. The monoisotopic (exact) mass is 281 g/mol. The molecule has 0 N–H and O–H groups in total. The summed E-state index contributed by atoms with van der Waals surface area (Å²) < 4.78 is 5.20. The number of benzene rings is 1. The highest BCUT2D eigenvalue weighted by Crippen LogP contribution is 2.32. The number of rotatable bonds is 3. The molecule has 1 saturated carbocycles. The first kappa shape index (κ1) is 14.2. The van der Waals surface area contributed by atoms with Gasteiger partial charge in [0.1, 0.15) is 0 Å². The van der Waals surface area contributed by atoms with Gasteiger partial charge in [0.05, 0.1) is 17.3 Å². The van der Waals surface area contributed by atoms with Gasteiger partial charge in [-0.3, -0.25) is 4.90 Å². The van der Waals surface area contributed by atoms with E-state index >= 15 is 0 Å². The molecule has 1 fully saturated rings. The molecule has 2 rings (SSSR count). The number of nitrogens with zero attached hydrogens (tertiary/aromatic N) is 1. The molecule has 0 atom stereocenters. The summed E-state index contributed by atoms with van der Waals surface area (Å²) in [5, 5.41) is 0.598. The maximum atomic E-state index is 12.2. The Labute approximate surface area is 119 Å². The third kappa shape index (κ3) is 3.41. The summed E-state index contributed by atoms with van der Waals surface area (Å²) in [6, 6.07) is 7.67. The van der Waals surface area contributed by atoms with Crippen LogP contribution in [-0.2, 0) is 4.74 Å². The molecule has 0 aromatic heterocycles. The van der Waals surface area contributed by atoms with Crippen molar-refractivity contribution in [1.82, 2.24) is 0 Å². The number of hydrogen-bond acceptors (Lipinski definition) is 2. The van der Waals surface area contributed by atoms with Crippen LogP contribution in [0.2, 0.25) is 5.02 Å². The lowest BCUT2D eigenvalue weighted by Crippen LogP contribution is -2.42. The number of ether oxygens (including phenoxy) is 1. The van der Waals surface area contributed by atoms with E-state index in [1.165, 1.54) is 6.42 Å². The van der Waals surface area contributed by atoms with Crippen LogP contribution in [0.1, 0.15) is 39.0 Å². The van der Waals surface area contributed by atoms with Gasteiger partial charge in [0.2, 0.25) is 0 Å². The minimum atomic E-state index is -0.289. The molecular weight excluding hydrogens is 262 g/mol. The molecule has 1 aliphatic carbocycles. The quantitative estimate of drug-likeness (QED) is 0.808. The van der Waals surface area contributed by atoms with Crippen molar-refractivity contribution in [3.8, 4) is 0 Å². The molecule has 0 bridgehead atoms. The summed E-state index contributed by atoms with van der Waals surface area (Å²) in [5.41, 5.74) is 0.759. The number of amides is 1. The van der Waals surface area contributed by atoms with E-state index in [9.17, 15) is 4.79 Å². The average molecular weight is 282 g/mol. The Balaban J connectivity index is 2.28. The lowest BCUT2D eigenvalue weighted by molar-refractivity contribution is 0.155. The molecule has 3 nitrogen and oxygen atoms in total. The highest BCUT2D eigenvalue weighted by molar-refractivity contribution is 6.33. The normalized spacial score (nSPS) is 16.1. The largest absolute Gasteiger partial charge is 0.449 e. The first-order chi connectivity index (χ1) is 9.24. The second-order valence-corrected chi connectivity index (χ2v) is 5.22. The van der Waals surface area contributed by atoms with E-state index in [0.29, 0.717) is 11.6 Å². The minimum absolute atomic E-state index is 0.202. The van der Waals surface area contributed by atoms with E-state index in [0.717, 1.165) is 31.4 Å². The molecule has 0 unspecified atom stereocenters. The Bertz CT molecular complexity index is 430. The predicted octanol–water partition coefficient (Wildman–Crippen LogP) is 4.64. The number of halogens is 1. The topological polar surface area (TPSA) is 29.5 Å². The van der Waals surface area contributed by atoms with Crippen molar-refractivity contribution in [2.75, 3.05) is 11.5 Å². The van der Waals surface area contributed by atoms with Gasteiger partial charge in [0.25, 0.3) is 0 Å². The summed E-state index contributed by atoms with van der Waals surface area (Å²) in [6.07, 6.45) is 5.31. The van der Waals surface area contributed by atoms with Crippen LogP contribution in [0.4, 0.5) is 10.5 Å². The maximum absolute atomic E-state index is 12.2. The summed E-state index contributed by atoms with van der Waals surface area (Å²) >= 11 is 6.23. The van der Waals surface area contributed by atoms with Gasteiger partial charge in [0, 0.05) is 6.04 Å². The number of carbonyl (C=O) groups excluding carboxylic acids is 1. The van der Waals surface area contributed by atoms with Gasteiger partial charge in [-0.2, -0.15) is 0 Å². The highest BCUT2D eigenvalue weighted by Gasteiger charge is 2.29. The van der Waals surface area contributed by atoms with Gasteiger partial charge in [-0.25, -0.2) is 4.79 Å². The van der Waals surface area contributed by atoms with Crippen molar-refractivity contribution < 1.29 is 9.53 Å². The third-order valence-electron chi connectivity index (χ3n) is 3.52. The van der Waals surface area contributed by atoms with Gasteiger partial charge in [-0.05, 0) is 31.9 Å². The summed E-state index contributed by atoms with van der Waals surface area (Å²) in [4.78, 5) is 14.0. The molecular formula is C15H20ClNO2. The van der Waals surface area contributed by atoms with Crippen molar-refractivity contribution in [3.63, 3.8) is 0 Å². The van der Waals surface area contributed by atoms with Gasteiger partial charge in [-0.1, -0.05) is 43.0 Å². The van der Waals surface area contributed by atoms with Gasteiger partial charge < -0.3 is 4.74 Å². The number of anilines is 1. The molecule has 19 heavy (non-hydrogen) atoms. The zero-order valence-electron chi connectivity index (χ0n) is 11.3. The highest BCUT2D eigenvalue weighted by atomic mass is 35.5. The lowest BCUT2D eigenvalue weighted by atomic mass is 9.94. The minimum Gasteiger partial charge on any atom is -0.449 e. The Hall–Kier alpha value is -1.22. The molecule has 1 amide bonds. The van der Waals surface area contributed by atoms with E-state index in [4.69, 9.17) is 16.3 Å². The van der Waals surface area contributed by atoms with Crippen LogP contribution >= 0.6 is 11.6 Å². The van der Waals surface area contributed by atoms with Crippen LogP contribution in [0.15, 0.2) is 24.3 Å². The zero-order valence-corrected chi connectivity index (χ0v) is 12.0. The smallest absolute Gasteiger partial charge is 0.414 e. The van der Waals surface area contributed by atoms with Crippen LogP contribution in [0.3, 0.4) is 0 Å². The number of para-hydroxylation sites is 1. The van der Waals surface area contributed by atoms with Crippen LogP contribution in [-0.4, -0.2) is 18.7 Å². The van der Waals surface area contributed by atoms with E-state index < -0.39 is 0 Å². The van der Waals surface area contributed by atoms with Gasteiger partial charge in [0.15, 0.2) is 0 Å². The maximum Gasteiger partial charge on any atom is 0.414 e. The number of hydrogen-bond donors (Lipinski definition) is 0. The summed E-state index contributed by atoms with van der Waals surface area (Å²) in [6.45, 7) is 2.20. The van der Waals surface area contributed by atoms with Crippen molar-refractivity contribution in [3.05, 3.63) is 29.3 Å². The molecule has 1 aromatic rings. The predicted molar refractivity (Wildman–Crippen MR) is 77.8 cm³/mol. The Morgan fingerprint density at radius 3 is 2.63 bits per heavy atom. The molecule has 1 aliphatic rings. The van der Waals surface area contributed by atoms with E-state index in [2.05, 4.69) is 0 Å². The SMILES string of the molecule is CCOC(=O)N(c1ccccc1Cl)C1CCCCC1. The van der Waals surface area contributed by atoms with Gasteiger partial charge in [-0.15, -0.1) is 0 Å². The zero-order chi connectivity index (χ0) is 13.7. The van der Waals surface area contributed by atoms with E-state index in [1.54, 1.807) is 4.90 Å². The summed E-state index contributed by atoms with van der Waals surface area (Å²) in [7, 11) is 0. The number of carbonyl (C=O) groups is 1. The first-order valence-electron chi connectivity index (χ1n) is 6.94. The Kier molecular flexibility index (Phi) is 5.08. The molecule has 0 heterocycles. The fourth-order valence-corrected chi connectivity index (χ4v) is 2.85.